The predicted octanol–water partition coefficient (Wildman–Crippen LogP) is 7.28. The zero-order chi connectivity index (χ0) is 30.9. The van der Waals surface area contributed by atoms with Gasteiger partial charge in [0, 0.05) is 71.1 Å². The second-order valence-corrected chi connectivity index (χ2v) is 12.8. The Morgan fingerprint density at radius 3 is 1.52 bits per heavy atom. The van der Waals surface area contributed by atoms with E-state index in [-0.39, 0.29) is 34.3 Å². The first-order valence-corrected chi connectivity index (χ1v) is 16.0. The Hall–Kier alpha value is -4.48. The van der Waals surface area contributed by atoms with E-state index in [1.54, 1.807) is 4.57 Å². The normalized spacial score (nSPS) is 12.9. The predicted molar refractivity (Wildman–Crippen MR) is 184 cm³/mol. The summed E-state index contributed by atoms with van der Waals surface area (Å²) in [7, 11) is 0. The second-order valence-electron chi connectivity index (χ2n) is 11.9. The number of fused-ring (bicyclic) bond motifs is 1. The van der Waals surface area contributed by atoms with Gasteiger partial charge >= 0.3 is 0 Å². The largest absolute Gasteiger partial charge is 0.271 e. The van der Waals surface area contributed by atoms with Crippen molar-refractivity contribution in [3.8, 4) is 12.5 Å². The molecule has 8 heteroatoms. The average Bonchev–Trinajstić information content (AvgIpc) is 3.35. The zero-order valence-electron chi connectivity index (χ0n) is 24.8. The minimum Gasteiger partial charge on any atom is -0.271 e. The van der Waals surface area contributed by atoms with Gasteiger partial charge in [0.15, 0.2) is 0 Å². The Balaban J connectivity index is 1.74. The molecule has 0 unspecified atom stereocenters. The number of pyridine rings is 2. The van der Waals surface area contributed by atoms with Gasteiger partial charge in [0.1, 0.15) is 0 Å². The molecule has 0 atom stereocenters. The maximum Gasteiger partial charge on any atom is 0.261 e. The van der Waals surface area contributed by atoms with Crippen molar-refractivity contribution in [2.45, 2.75) is 65.5 Å². The van der Waals surface area contributed by atoms with Gasteiger partial charge in [-0.2, -0.15) is 0 Å². The molecule has 0 N–H and O–H groups in total. The molecule has 8 rings (SSSR count). The quantitative estimate of drug-likeness (QED) is 0.108. The summed E-state index contributed by atoms with van der Waals surface area (Å²) in [4.78, 5) is 56.3. The number of aromatic nitrogens is 3. The molecule has 3 aromatic heterocycles. The number of halogens is 1. The van der Waals surface area contributed by atoms with E-state index in [9.17, 15) is 19.2 Å². The maximum atomic E-state index is 14.2. The second kappa shape index (κ2) is 9.02. The Bertz CT molecular complexity index is 2770. The van der Waals surface area contributed by atoms with Gasteiger partial charge in [-0.15, -0.1) is 0 Å². The molecule has 0 fully saturated rings. The van der Waals surface area contributed by atoms with Crippen LogP contribution in [-0.2, 0) is 0 Å². The van der Waals surface area contributed by atoms with E-state index in [2.05, 4.69) is 22.0 Å². The summed E-state index contributed by atoms with van der Waals surface area (Å²) in [6, 6.07) is 11.5. The minimum absolute atomic E-state index is 0.224. The SMILES string of the molecule is C#Cn1c2cc3c(=O)n(C(CC)CC)c(=O)c4ccc5c6c(Br)cc7c(=O)n(C(CC)CC)c(=O)c8cc1c(c6c78)c2c5c43. The molecular formula is C36H28BrN3O4. The molecule has 0 saturated carbocycles. The van der Waals surface area contributed by atoms with Crippen molar-refractivity contribution in [1.29, 1.82) is 0 Å². The molecule has 0 bridgehead atoms. The molecule has 5 aromatic carbocycles. The lowest BCUT2D eigenvalue weighted by Gasteiger charge is -2.21. The lowest BCUT2D eigenvalue weighted by Crippen LogP contribution is -2.36. The molecule has 218 valence electrons. The van der Waals surface area contributed by atoms with Crippen LogP contribution < -0.4 is 22.2 Å². The van der Waals surface area contributed by atoms with Crippen molar-refractivity contribution < 1.29 is 0 Å². The van der Waals surface area contributed by atoms with E-state index in [1.807, 2.05) is 58.0 Å². The summed E-state index contributed by atoms with van der Waals surface area (Å²) in [5, 5.41) is 7.97. The Labute approximate surface area is 258 Å². The van der Waals surface area contributed by atoms with E-state index in [0.29, 0.717) is 73.5 Å². The van der Waals surface area contributed by atoms with Crippen LogP contribution in [0.15, 0.2) is 54.0 Å². The molecule has 0 radical (unpaired) electrons. The van der Waals surface area contributed by atoms with Crippen LogP contribution in [0.2, 0.25) is 0 Å². The van der Waals surface area contributed by atoms with E-state index >= 15 is 0 Å². The molecule has 0 aliphatic rings. The standard InChI is InChI=1S/C36H28BrN3O4/c1-6-16(7-2)39-33(41)19-12-11-18-28-23(37)13-20-27-22(36(44)40(34(20)42)17(8-3)9-4)15-25-31(32(27)28)30-24(38(25)10-5)14-21(35(39)43)26(19)29(18)30/h5,11-17H,6-9H2,1-4H3. The van der Waals surface area contributed by atoms with Crippen LogP contribution in [0, 0.1) is 12.5 Å². The van der Waals surface area contributed by atoms with Gasteiger partial charge < -0.3 is 0 Å². The molecular weight excluding hydrogens is 618 g/mol. The van der Waals surface area contributed by atoms with Crippen LogP contribution in [0.25, 0.3) is 75.7 Å². The molecule has 0 spiro atoms. The fraction of sp³-hybridized carbons (Fsp3) is 0.278. The molecule has 7 nitrogen and oxygen atoms in total. The summed E-state index contributed by atoms with van der Waals surface area (Å²) >= 11 is 3.80. The van der Waals surface area contributed by atoms with Gasteiger partial charge in [-0.1, -0.05) is 56.1 Å². The van der Waals surface area contributed by atoms with Crippen molar-refractivity contribution >= 4 is 91.6 Å². The van der Waals surface area contributed by atoms with E-state index in [1.165, 1.54) is 9.13 Å². The average molecular weight is 647 g/mol. The number of benzene rings is 5. The van der Waals surface area contributed by atoms with E-state index in [0.717, 1.165) is 32.3 Å². The van der Waals surface area contributed by atoms with Crippen molar-refractivity contribution in [2.24, 2.45) is 0 Å². The monoisotopic (exact) mass is 645 g/mol. The van der Waals surface area contributed by atoms with Gasteiger partial charge in [0.2, 0.25) is 0 Å². The fourth-order valence-corrected chi connectivity index (χ4v) is 8.74. The molecule has 0 saturated heterocycles. The van der Waals surface area contributed by atoms with Crippen LogP contribution in [0.1, 0.15) is 65.5 Å². The maximum absolute atomic E-state index is 14.2. The lowest BCUT2D eigenvalue weighted by molar-refractivity contribution is 0.451. The molecule has 44 heavy (non-hydrogen) atoms. The third-order valence-corrected chi connectivity index (χ3v) is 10.8. The van der Waals surface area contributed by atoms with Crippen LogP contribution in [0.3, 0.4) is 0 Å². The zero-order valence-corrected chi connectivity index (χ0v) is 26.4. The first-order chi connectivity index (χ1) is 21.2. The summed E-state index contributed by atoms with van der Waals surface area (Å²) in [6.07, 6.45) is 8.79. The fourth-order valence-electron chi connectivity index (χ4n) is 8.10. The van der Waals surface area contributed by atoms with E-state index < -0.39 is 0 Å². The summed E-state index contributed by atoms with van der Waals surface area (Å²) in [6.45, 7) is 7.92. The van der Waals surface area contributed by atoms with Crippen LogP contribution >= 0.6 is 15.9 Å². The number of terminal acetylenes is 1. The highest BCUT2D eigenvalue weighted by molar-refractivity contribution is 9.10. The highest BCUT2D eigenvalue weighted by Gasteiger charge is 2.30. The number of hydrogen-bond donors (Lipinski definition) is 0. The minimum atomic E-state index is -0.327. The van der Waals surface area contributed by atoms with Crippen molar-refractivity contribution in [3.63, 3.8) is 0 Å². The van der Waals surface area contributed by atoms with Gasteiger partial charge in [-0.3, -0.25) is 32.9 Å². The molecule has 0 aliphatic heterocycles. The number of hydrogen-bond acceptors (Lipinski definition) is 4. The lowest BCUT2D eigenvalue weighted by atomic mass is 9.86. The number of rotatable bonds is 6. The van der Waals surface area contributed by atoms with Crippen molar-refractivity contribution in [3.05, 3.63) is 76.2 Å². The third kappa shape index (κ3) is 2.94. The Kier molecular flexibility index (Phi) is 5.56. The van der Waals surface area contributed by atoms with Gasteiger partial charge in [0.25, 0.3) is 22.2 Å². The third-order valence-electron chi connectivity index (χ3n) is 10.1. The van der Waals surface area contributed by atoms with Crippen LogP contribution in [0.4, 0.5) is 0 Å². The van der Waals surface area contributed by atoms with Crippen LogP contribution in [-0.4, -0.2) is 13.7 Å². The van der Waals surface area contributed by atoms with Crippen molar-refractivity contribution in [2.75, 3.05) is 0 Å². The van der Waals surface area contributed by atoms with Crippen molar-refractivity contribution in [1.82, 2.24) is 13.7 Å². The summed E-state index contributed by atoms with van der Waals surface area (Å²) in [5.74, 6) is 0. The van der Waals surface area contributed by atoms with Gasteiger partial charge in [0.05, 0.1) is 21.8 Å². The van der Waals surface area contributed by atoms with Gasteiger partial charge in [-0.05, 0) is 55.3 Å². The smallest absolute Gasteiger partial charge is 0.261 e. The Morgan fingerprint density at radius 2 is 1.02 bits per heavy atom. The summed E-state index contributed by atoms with van der Waals surface area (Å²) < 4.78 is 5.22. The highest BCUT2D eigenvalue weighted by Crippen LogP contribution is 2.50. The van der Waals surface area contributed by atoms with Gasteiger partial charge in [-0.25, -0.2) is 0 Å². The molecule has 0 amide bonds. The highest BCUT2D eigenvalue weighted by atomic mass is 79.9. The Morgan fingerprint density at radius 1 is 0.591 bits per heavy atom. The number of nitrogens with zero attached hydrogens (tertiary/aromatic N) is 3. The molecule has 8 aromatic rings. The van der Waals surface area contributed by atoms with Crippen LogP contribution in [0.5, 0.6) is 0 Å². The first-order valence-electron chi connectivity index (χ1n) is 15.2. The summed E-state index contributed by atoms with van der Waals surface area (Å²) in [5.41, 5.74) is 0.0796. The van der Waals surface area contributed by atoms with E-state index in [4.69, 9.17) is 6.42 Å². The molecule has 0 aliphatic carbocycles. The molecule has 3 heterocycles. The first kappa shape index (κ1) is 27.1. The topological polar surface area (TPSA) is 83.1 Å².